The van der Waals surface area contributed by atoms with Crippen LogP contribution >= 0.6 is 11.6 Å². The SMILES string of the molecule is CC(c1ccc(Cl)cc1)N(C)C(=O)c1ccoc1. The molecule has 2 rings (SSSR count). The molecule has 1 aromatic heterocycles. The van der Waals surface area contributed by atoms with Crippen molar-refractivity contribution in [1.29, 1.82) is 0 Å². The van der Waals surface area contributed by atoms with E-state index in [1.165, 1.54) is 12.5 Å². The number of amides is 1. The van der Waals surface area contributed by atoms with Crippen LogP contribution in [0.4, 0.5) is 0 Å². The number of rotatable bonds is 3. The molecule has 0 fully saturated rings. The highest BCUT2D eigenvalue weighted by Gasteiger charge is 2.19. The van der Waals surface area contributed by atoms with E-state index >= 15 is 0 Å². The summed E-state index contributed by atoms with van der Waals surface area (Å²) in [5.41, 5.74) is 1.59. The predicted octanol–water partition coefficient (Wildman–Crippen LogP) is 3.77. The van der Waals surface area contributed by atoms with Crippen molar-refractivity contribution in [3.63, 3.8) is 0 Å². The Morgan fingerprint density at radius 2 is 1.94 bits per heavy atom. The summed E-state index contributed by atoms with van der Waals surface area (Å²) < 4.78 is 4.92. The lowest BCUT2D eigenvalue weighted by Crippen LogP contribution is -2.29. The zero-order valence-corrected chi connectivity index (χ0v) is 11.0. The molecule has 0 radical (unpaired) electrons. The molecular formula is C14H14ClNO2. The first kappa shape index (κ1) is 12.7. The highest BCUT2D eigenvalue weighted by Crippen LogP contribution is 2.22. The van der Waals surface area contributed by atoms with Crippen LogP contribution in [0.1, 0.15) is 28.9 Å². The van der Waals surface area contributed by atoms with Crippen molar-refractivity contribution in [2.75, 3.05) is 7.05 Å². The Labute approximate surface area is 111 Å². The second-order valence-corrected chi connectivity index (χ2v) is 4.59. The highest BCUT2D eigenvalue weighted by atomic mass is 35.5. The van der Waals surface area contributed by atoms with Gasteiger partial charge in [-0.2, -0.15) is 0 Å². The van der Waals surface area contributed by atoms with E-state index in [0.29, 0.717) is 10.6 Å². The lowest BCUT2D eigenvalue weighted by Gasteiger charge is -2.24. The highest BCUT2D eigenvalue weighted by molar-refractivity contribution is 6.30. The summed E-state index contributed by atoms with van der Waals surface area (Å²) in [7, 11) is 1.77. The third-order valence-electron chi connectivity index (χ3n) is 3.02. The second-order valence-electron chi connectivity index (χ2n) is 4.16. The molecule has 1 heterocycles. The Morgan fingerprint density at radius 3 is 2.50 bits per heavy atom. The van der Waals surface area contributed by atoms with Crippen LogP contribution in [0.15, 0.2) is 47.3 Å². The first-order chi connectivity index (χ1) is 8.59. The zero-order chi connectivity index (χ0) is 13.1. The van der Waals surface area contributed by atoms with E-state index < -0.39 is 0 Å². The summed E-state index contributed by atoms with van der Waals surface area (Å²) in [5.74, 6) is -0.0637. The number of hydrogen-bond donors (Lipinski definition) is 0. The van der Waals surface area contributed by atoms with Gasteiger partial charge in [0, 0.05) is 12.1 Å². The van der Waals surface area contributed by atoms with Crippen LogP contribution in [0.25, 0.3) is 0 Å². The number of hydrogen-bond acceptors (Lipinski definition) is 2. The molecule has 0 saturated carbocycles. The fourth-order valence-electron chi connectivity index (χ4n) is 1.73. The number of halogens is 1. The molecule has 0 spiro atoms. The van der Waals surface area contributed by atoms with Gasteiger partial charge >= 0.3 is 0 Å². The third kappa shape index (κ3) is 2.57. The Bertz CT molecular complexity index is 519. The number of nitrogens with zero attached hydrogens (tertiary/aromatic N) is 1. The summed E-state index contributed by atoms with van der Waals surface area (Å²) in [5, 5.41) is 0.690. The van der Waals surface area contributed by atoms with Crippen LogP contribution in [0.3, 0.4) is 0 Å². The quantitative estimate of drug-likeness (QED) is 0.845. The summed E-state index contributed by atoms with van der Waals surface area (Å²) in [6.45, 7) is 1.97. The molecule has 94 valence electrons. The van der Waals surface area contributed by atoms with Gasteiger partial charge in [-0.05, 0) is 30.7 Å². The fraction of sp³-hybridized carbons (Fsp3) is 0.214. The maximum absolute atomic E-state index is 12.1. The maximum atomic E-state index is 12.1. The van der Waals surface area contributed by atoms with Gasteiger partial charge in [0.15, 0.2) is 0 Å². The molecule has 4 heteroatoms. The normalized spacial score (nSPS) is 12.2. The van der Waals surface area contributed by atoms with E-state index in [4.69, 9.17) is 16.0 Å². The average molecular weight is 264 g/mol. The van der Waals surface area contributed by atoms with Crippen LogP contribution in [0, 0.1) is 0 Å². The monoisotopic (exact) mass is 263 g/mol. The molecule has 0 aliphatic rings. The number of benzene rings is 1. The maximum Gasteiger partial charge on any atom is 0.257 e. The lowest BCUT2D eigenvalue weighted by molar-refractivity contribution is 0.0742. The van der Waals surface area contributed by atoms with E-state index in [2.05, 4.69) is 0 Å². The van der Waals surface area contributed by atoms with Gasteiger partial charge in [-0.1, -0.05) is 23.7 Å². The Balaban J connectivity index is 2.16. The fourth-order valence-corrected chi connectivity index (χ4v) is 1.86. The van der Waals surface area contributed by atoms with Crippen molar-refractivity contribution >= 4 is 17.5 Å². The van der Waals surface area contributed by atoms with E-state index in [1.54, 1.807) is 18.0 Å². The van der Waals surface area contributed by atoms with Crippen LogP contribution in [-0.2, 0) is 0 Å². The summed E-state index contributed by atoms with van der Waals surface area (Å²) >= 11 is 5.85. The Kier molecular flexibility index (Phi) is 3.72. The van der Waals surface area contributed by atoms with Crippen LogP contribution in [-0.4, -0.2) is 17.9 Å². The molecule has 1 aromatic carbocycles. The first-order valence-corrected chi connectivity index (χ1v) is 6.02. The molecule has 0 aliphatic heterocycles. The smallest absolute Gasteiger partial charge is 0.257 e. The van der Waals surface area contributed by atoms with Crippen LogP contribution in [0.5, 0.6) is 0 Å². The Morgan fingerprint density at radius 1 is 1.28 bits per heavy atom. The average Bonchev–Trinajstić information content (AvgIpc) is 2.91. The number of furan rings is 1. The van der Waals surface area contributed by atoms with E-state index in [0.717, 1.165) is 5.56 Å². The molecule has 1 atom stereocenters. The van der Waals surface area contributed by atoms with Gasteiger partial charge in [-0.15, -0.1) is 0 Å². The van der Waals surface area contributed by atoms with E-state index in [9.17, 15) is 4.79 Å². The second kappa shape index (κ2) is 5.27. The summed E-state index contributed by atoms with van der Waals surface area (Å²) in [6.07, 6.45) is 2.95. The van der Waals surface area contributed by atoms with Gasteiger partial charge in [0.2, 0.25) is 0 Å². The minimum atomic E-state index is -0.0637. The molecule has 1 unspecified atom stereocenters. The van der Waals surface area contributed by atoms with Gasteiger partial charge in [0.1, 0.15) is 6.26 Å². The topological polar surface area (TPSA) is 33.5 Å². The predicted molar refractivity (Wildman–Crippen MR) is 70.7 cm³/mol. The molecule has 18 heavy (non-hydrogen) atoms. The molecule has 3 nitrogen and oxygen atoms in total. The number of carbonyl (C=O) groups is 1. The molecule has 0 bridgehead atoms. The minimum absolute atomic E-state index is 0.0235. The molecule has 2 aromatic rings. The minimum Gasteiger partial charge on any atom is -0.472 e. The lowest BCUT2D eigenvalue weighted by atomic mass is 10.1. The standard InChI is InChI=1S/C14H14ClNO2/c1-10(11-3-5-13(15)6-4-11)16(2)14(17)12-7-8-18-9-12/h3-10H,1-2H3. The molecule has 0 aliphatic carbocycles. The van der Waals surface area contributed by atoms with Crippen molar-refractivity contribution < 1.29 is 9.21 Å². The third-order valence-corrected chi connectivity index (χ3v) is 3.27. The number of carbonyl (C=O) groups excluding carboxylic acids is 1. The van der Waals surface area contributed by atoms with Crippen molar-refractivity contribution in [2.24, 2.45) is 0 Å². The van der Waals surface area contributed by atoms with E-state index in [-0.39, 0.29) is 11.9 Å². The van der Waals surface area contributed by atoms with Crippen molar-refractivity contribution in [3.05, 3.63) is 59.0 Å². The van der Waals surface area contributed by atoms with Gasteiger partial charge in [0.25, 0.3) is 5.91 Å². The van der Waals surface area contributed by atoms with Gasteiger partial charge in [0.05, 0.1) is 17.9 Å². The zero-order valence-electron chi connectivity index (χ0n) is 10.3. The van der Waals surface area contributed by atoms with Crippen molar-refractivity contribution in [2.45, 2.75) is 13.0 Å². The van der Waals surface area contributed by atoms with Crippen LogP contribution < -0.4 is 0 Å². The van der Waals surface area contributed by atoms with Crippen LogP contribution in [0.2, 0.25) is 5.02 Å². The van der Waals surface area contributed by atoms with Crippen molar-refractivity contribution in [3.8, 4) is 0 Å². The largest absolute Gasteiger partial charge is 0.472 e. The first-order valence-electron chi connectivity index (χ1n) is 5.64. The van der Waals surface area contributed by atoms with E-state index in [1.807, 2.05) is 31.2 Å². The Hall–Kier alpha value is -1.74. The van der Waals surface area contributed by atoms with Gasteiger partial charge in [-0.25, -0.2) is 0 Å². The summed E-state index contributed by atoms with van der Waals surface area (Å²) in [4.78, 5) is 13.8. The summed E-state index contributed by atoms with van der Waals surface area (Å²) in [6, 6.07) is 9.13. The molecule has 0 N–H and O–H groups in total. The van der Waals surface area contributed by atoms with Gasteiger partial charge in [-0.3, -0.25) is 4.79 Å². The van der Waals surface area contributed by atoms with Gasteiger partial charge < -0.3 is 9.32 Å². The molecule has 0 saturated heterocycles. The molecule has 1 amide bonds. The molecular weight excluding hydrogens is 250 g/mol. The van der Waals surface area contributed by atoms with Crippen molar-refractivity contribution in [1.82, 2.24) is 4.90 Å².